The smallest absolute Gasteiger partial charge is 0.193 e. The Labute approximate surface area is 247 Å². The van der Waals surface area contributed by atoms with Crippen molar-refractivity contribution in [2.24, 2.45) is 0 Å². The predicted molar refractivity (Wildman–Crippen MR) is 170 cm³/mol. The molecule has 202 valence electrons. The van der Waals surface area contributed by atoms with Gasteiger partial charge in [0.2, 0.25) is 0 Å². The number of hydrogen-bond donors (Lipinski definition) is 0. The second-order valence-electron chi connectivity index (χ2n) is 9.87. The maximum Gasteiger partial charge on any atom is 0.193 e. The van der Waals surface area contributed by atoms with Crippen LogP contribution >= 0.6 is 23.1 Å². The van der Waals surface area contributed by atoms with E-state index in [9.17, 15) is 4.79 Å². The average Bonchev–Trinajstić information content (AvgIpc) is 3.68. The van der Waals surface area contributed by atoms with Gasteiger partial charge in [0.15, 0.2) is 16.8 Å². The van der Waals surface area contributed by atoms with Crippen molar-refractivity contribution in [1.82, 2.24) is 19.7 Å². The lowest BCUT2D eigenvalue weighted by Gasteiger charge is -2.13. The van der Waals surface area contributed by atoms with Gasteiger partial charge in [-0.25, -0.2) is 4.98 Å². The minimum Gasteiger partial charge on any atom is -0.298 e. The molecule has 0 amide bonds. The predicted octanol–water partition coefficient (Wildman–Crippen LogP) is 8.55. The third kappa shape index (κ3) is 5.51. The van der Waals surface area contributed by atoms with Gasteiger partial charge in [0.05, 0.1) is 16.1 Å². The third-order valence-corrected chi connectivity index (χ3v) is 9.02. The zero-order valence-electron chi connectivity index (χ0n) is 22.9. The normalized spacial score (nSPS) is 11.2. The number of nitrogens with zero attached hydrogens (tertiary/aromatic N) is 4. The highest BCUT2D eigenvalue weighted by Gasteiger charge is 2.19. The van der Waals surface area contributed by atoms with Crippen LogP contribution in [0, 0.1) is 13.8 Å². The number of carbonyl (C=O) groups is 1. The zero-order valence-corrected chi connectivity index (χ0v) is 24.5. The number of rotatable bonds is 9. The first-order valence-electron chi connectivity index (χ1n) is 13.3. The van der Waals surface area contributed by atoms with Gasteiger partial charge in [-0.2, -0.15) is 0 Å². The van der Waals surface area contributed by atoms with Gasteiger partial charge in [0.1, 0.15) is 0 Å². The van der Waals surface area contributed by atoms with E-state index in [0.717, 1.165) is 43.6 Å². The third-order valence-electron chi connectivity index (χ3n) is 7.09. The van der Waals surface area contributed by atoms with E-state index >= 15 is 0 Å². The standard InChI is InChI=1S/C34H28N4OS2/c1-4-16-38-33(28-20-30(31-11-8-17-40-31)35-29-19-23(3)22(2)18-27(28)29)36-37-34(38)41-21-24-12-14-26(15-13-24)32(39)25-9-6-5-7-10-25/h4-15,17-20H,1,16,21H2,2-3H3. The van der Waals surface area contributed by atoms with E-state index in [1.54, 1.807) is 23.1 Å². The van der Waals surface area contributed by atoms with Gasteiger partial charge in [-0.3, -0.25) is 9.36 Å². The molecule has 7 heteroatoms. The molecule has 3 aromatic heterocycles. The van der Waals surface area contributed by atoms with Crippen LogP contribution in [0.1, 0.15) is 32.6 Å². The molecular formula is C34H28N4OS2. The number of thioether (sulfide) groups is 1. The van der Waals surface area contributed by atoms with Crippen molar-refractivity contribution in [1.29, 1.82) is 0 Å². The van der Waals surface area contributed by atoms with Gasteiger partial charge in [0, 0.05) is 34.4 Å². The number of allylic oxidation sites excluding steroid dienone is 1. The molecule has 0 atom stereocenters. The molecule has 6 rings (SSSR count). The van der Waals surface area contributed by atoms with Crippen LogP contribution in [-0.4, -0.2) is 25.5 Å². The Hall–Kier alpha value is -4.33. The molecule has 41 heavy (non-hydrogen) atoms. The van der Waals surface area contributed by atoms with Gasteiger partial charge in [-0.15, -0.1) is 28.1 Å². The molecule has 0 aliphatic heterocycles. The number of aryl methyl sites for hydroxylation is 2. The fourth-order valence-electron chi connectivity index (χ4n) is 4.77. The number of ketones is 1. The SMILES string of the molecule is C=CCn1c(SCc2ccc(C(=O)c3ccccc3)cc2)nnc1-c1cc(-c2cccs2)nc2cc(C)c(C)cc12. The molecule has 3 heterocycles. The first-order valence-corrected chi connectivity index (χ1v) is 15.2. The van der Waals surface area contributed by atoms with Crippen LogP contribution in [0.3, 0.4) is 0 Å². The molecule has 0 radical (unpaired) electrons. The van der Waals surface area contributed by atoms with Crippen LogP contribution in [0.4, 0.5) is 0 Å². The highest BCUT2D eigenvalue weighted by molar-refractivity contribution is 7.98. The Morgan fingerprint density at radius 1 is 0.927 bits per heavy atom. The molecular weight excluding hydrogens is 545 g/mol. The second-order valence-corrected chi connectivity index (χ2v) is 11.8. The summed E-state index contributed by atoms with van der Waals surface area (Å²) < 4.78 is 2.12. The van der Waals surface area contributed by atoms with E-state index in [2.05, 4.69) is 64.8 Å². The fourth-order valence-corrected chi connectivity index (χ4v) is 6.36. The van der Waals surface area contributed by atoms with Crippen molar-refractivity contribution in [2.75, 3.05) is 0 Å². The molecule has 0 aliphatic rings. The number of hydrogen-bond acceptors (Lipinski definition) is 6. The molecule has 0 fully saturated rings. The van der Waals surface area contributed by atoms with Crippen LogP contribution in [0.15, 0.2) is 108 Å². The average molecular weight is 573 g/mol. The lowest BCUT2D eigenvalue weighted by atomic mass is 10.0. The summed E-state index contributed by atoms with van der Waals surface area (Å²) in [5.74, 6) is 1.52. The number of benzene rings is 3. The maximum absolute atomic E-state index is 12.8. The highest BCUT2D eigenvalue weighted by atomic mass is 32.2. The Kier molecular flexibility index (Phi) is 7.63. The second kappa shape index (κ2) is 11.6. The van der Waals surface area contributed by atoms with Crippen LogP contribution in [-0.2, 0) is 12.3 Å². The van der Waals surface area contributed by atoms with Crippen LogP contribution in [0.5, 0.6) is 0 Å². The molecule has 5 nitrogen and oxygen atoms in total. The van der Waals surface area contributed by atoms with Crippen molar-refractivity contribution < 1.29 is 4.79 Å². The summed E-state index contributed by atoms with van der Waals surface area (Å²) in [6.45, 7) is 8.82. The number of fused-ring (bicyclic) bond motifs is 1. The summed E-state index contributed by atoms with van der Waals surface area (Å²) in [5, 5.41) is 13.2. The minimum atomic E-state index is 0.0251. The summed E-state index contributed by atoms with van der Waals surface area (Å²) in [6.07, 6.45) is 1.87. The van der Waals surface area contributed by atoms with E-state index in [1.165, 1.54) is 11.1 Å². The molecule has 0 spiro atoms. The zero-order chi connectivity index (χ0) is 28.3. The Balaban J connectivity index is 1.32. The largest absolute Gasteiger partial charge is 0.298 e. The number of thiophene rings is 1. The molecule has 3 aromatic carbocycles. The molecule has 6 aromatic rings. The van der Waals surface area contributed by atoms with Crippen LogP contribution in [0.2, 0.25) is 0 Å². The monoisotopic (exact) mass is 572 g/mol. The van der Waals surface area contributed by atoms with Gasteiger partial charge in [0.25, 0.3) is 0 Å². The fraction of sp³-hybridized carbons (Fsp3) is 0.118. The quantitative estimate of drug-likeness (QED) is 0.0987. The van der Waals surface area contributed by atoms with Crippen LogP contribution in [0.25, 0.3) is 32.9 Å². The van der Waals surface area contributed by atoms with Crippen molar-refractivity contribution in [3.05, 3.63) is 131 Å². The van der Waals surface area contributed by atoms with E-state index < -0.39 is 0 Å². The summed E-state index contributed by atoms with van der Waals surface area (Å²) >= 11 is 3.30. The van der Waals surface area contributed by atoms with Crippen molar-refractivity contribution >= 4 is 39.8 Å². The lowest BCUT2D eigenvalue weighted by molar-refractivity contribution is 0.103. The van der Waals surface area contributed by atoms with E-state index in [0.29, 0.717) is 23.4 Å². The maximum atomic E-state index is 12.8. The Morgan fingerprint density at radius 2 is 1.68 bits per heavy atom. The van der Waals surface area contributed by atoms with Gasteiger partial charge in [-0.05, 0) is 60.2 Å². The minimum absolute atomic E-state index is 0.0251. The first kappa shape index (κ1) is 26.9. The molecule has 0 saturated heterocycles. The van der Waals surface area contributed by atoms with E-state index in [1.807, 2.05) is 66.7 Å². The van der Waals surface area contributed by atoms with Gasteiger partial charge < -0.3 is 0 Å². The number of carbonyl (C=O) groups excluding carboxylic acids is 1. The van der Waals surface area contributed by atoms with Gasteiger partial charge in [-0.1, -0.05) is 78.5 Å². The first-order chi connectivity index (χ1) is 20.0. The van der Waals surface area contributed by atoms with E-state index in [-0.39, 0.29) is 5.78 Å². The lowest BCUT2D eigenvalue weighted by Crippen LogP contribution is -2.02. The summed E-state index contributed by atoms with van der Waals surface area (Å²) in [7, 11) is 0. The van der Waals surface area contributed by atoms with Crippen LogP contribution < -0.4 is 0 Å². The van der Waals surface area contributed by atoms with Crippen molar-refractivity contribution in [3.63, 3.8) is 0 Å². The van der Waals surface area contributed by atoms with Crippen molar-refractivity contribution in [2.45, 2.75) is 31.3 Å². The topological polar surface area (TPSA) is 60.7 Å². The van der Waals surface area contributed by atoms with E-state index in [4.69, 9.17) is 4.98 Å². The number of aromatic nitrogens is 4. The number of pyridine rings is 1. The van der Waals surface area contributed by atoms with Crippen molar-refractivity contribution in [3.8, 4) is 22.0 Å². The molecule has 0 unspecified atom stereocenters. The Morgan fingerprint density at radius 3 is 2.41 bits per heavy atom. The summed E-state index contributed by atoms with van der Waals surface area (Å²) in [6, 6.07) is 27.8. The summed E-state index contributed by atoms with van der Waals surface area (Å²) in [5.41, 5.74) is 7.78. The Bertz CT molecular complexity index is 1860. The summed E-state index contributed by atoms with van der Waals surface area (Å²) in [4.78, 5) is 18.9. The molecule has 0 N–H and O–H groups in total. The molecule has 0 saturated carbocycles. The molecule has 0 aliphatic carbocycles. The molecule has 0 bridgehead atoms. The highest BCUT2D eigenvalue weighted by Crippen LogP contribution is 2.36. The van der Waals surface area contributed by atoms with Gasteiger partial charge >= 0.3 is 0 Å².